The summed E-state index contributed by atoms with van der Waals surface area (Å²) in [5.41, 5.74) is 1.43. The topological polar surface area (TPSA) is 15.3 Å². The molecule has 1 aromatic rings. The number of thiophene rings is 1. The zero-order valence-corrected chi connectivity index (χ0v) is 11.3. The zero-order chi connectivity index (χ0) is 11.5. The van der Waals surface area contributed by atoms with Crippen molar-refractivity contribution < 1.29 is 0 Å². The van der Waals surface area contributed by atoms with Crippen molar-refractivity contribution in [3.05, 3.63) is 21.9 Å². The number of rotatable bonds is 3. The van der Waals surface area contributed by atoms with Crippen LogP contribution in [0.15, 0.2) is 11.4 Å². The van der Waals surface area contributed by atoms with Crippen molar-refractivity contribution in [3.63, 3.8) is 0 Å². The van der Waals surface area contributed by atoms with Gasteiger partial charge in [-0.2, -0.15) is 0 Å². The van der Waals surface area contributed by atoms with E-state index in [1.165, 1.54) is 30.0 Å². The fourth-order valence-electron chi connectivity index (χ4n) is 2.47. The van der Waals surface area contributed by atoms with Crippen LogP contribution in [0.3, 0.4) is 0 Å². The highest BCUT2D eigenvalue weighted by molar-refractivity contribution is 7.10. The van der Waals surface area contributed by atoms with Crippen LogP contribution in [0.25, 0.3) is 0 Å². The third kappa shape index (κ3) is 2.84. The van der Waals surface area contributed by atoms with Crippen LogP contribution in [0.5, 0.6) is 0 Å². The van der Waals surface area contributed by atoms with Gasteiger partial charge in [-0.1, -0.05) is 6.92 Å². The standard InChI is InChI=1S/C13H22N2S/c1-10-5-7-16-13(10)8-14-12-4-6-15(3)9-11(12)2/h5,7,11-12,14H,4,6,8-9H2,1-3H3. The first-order valence-corrected chi connectivity index (χ1v) is 6.99. The lowest BCUT2D eigenvalue weighted by atomic mass is 9.94. The first-order valence-electron chi connectivity index (χ1n) is 6.11. The molecule has 0 spiro atoms. The maximum absolute atomic E-state index is 3.72. The summed E-state index contributed by atoms with van der Waals surface area (Å²) in [5, 5.41) is 5.90. The van der Waals surface area contributed by atoms with Gasteiger partial charge in [-0.25, -0.2) is 0 Å². The monoisotopic (exact) mass is 238 g/mol. The lowest BCUT2D eigenvalue weighted by molar-refractivity contribution is 0.174. The fraction of sp³-hybridized carbons (Fsp3) is 0.692. The van der Waals surface area contributed by atoms with E-state index >= 15 is 0 Å². The number of nitrogens with one attached hydrogen (secondary N) is 1. The highest BCUT2D eigenvalue weighted by atomic mass is 32.1. The SMILES string of the molecule is Cc1ccsc1CNC1CCN(C)CC1C. The Kier molecular flexibility index (Phi) is 4.00. The number of piperidine rings is 1. The van der Waals surface area contributed by atoms with Gasteiger partial charge in [0.25, 0.3) is 0 Å². The Labute approximate surface area is 103 Å². The normalized spacial score (nSPS) is 27.2. The van der Waals surface area contributed by atoms with Gasteiger partial charge in [-0.15, -0.1) is 11.3 Å². The highest BCUT2D eigenvalue weighted by Gasteiger charge is 2.23. The van der Waals surface area contributed by atoms with E-state index in [2.05, 4.69) is 42.6 Å². The third-order valence-corrected chi connectivity index (χ3v) is 4.62. The minimum absolute atomic E-state index is 0.692. The van der Waals surface area contributed by atoms with Crippen molar-refractivity contribution in [1.29, 1.82) is 0 Å². The van der Waals surface area contributed by atoms with Crippen molar-refractivity contribution >= 4 is 11.3 Å². The van der Waals surface area contributed by atoms with E-state index in [4.69, 9.17) is 0 Å². The highest BCUT2D eigenvalue weighted by Crippen LogP contribution is 2.19. The van der Waals surface area contributed by atoms with Crippen LogP contribution in [-0.2, 0) is 6.54 Å². The molecule has 1 saturated heterocycles. The first-order chi connectivity index (χ1) is 7.66. The van der Waals surface area contributed by atoms with Gasteiger partial charge in [-0.3, -0.25) is 0 Å². The van der Waals surface area contributed by atoms with Gasteiger partial charge in [-0.05, 0) is 49.9 Å². The first kappa shape index (κ1) is 12.1. The molecule has 16 heavy (non-hydrogen) atoms. The number of hydrogen-bond acceptors (Lipinski definition) is 3. The van der Waals surface area contributed by atoms with Crippen LogP contribution in [0.1, 0.15) is 23.8 Å². The number of aryl methyl sites for hydroxylation is 1. The van der Waals surface area contributed by atoms with Crippen LogP contribution in [-0.4, -0.2) is 31.1 Å². The molecule has 1 aliphatic rings. The van der Waals surface area contributed by atoms with Gasteiger partial charge in [0, 0.05) is 24.0 Å². The predicted octanol–water partition coefficient (Wildman–Crippen LogP) is 2.49. The number of likely N-dealkylation sites (tertiary alicyclic amines) is 1. The Morgan fingerprint density at radius 1 is 1.56 bits per heavy atom. The molecule has 2 rings (SSSR count). The minimum Gasteiger partial charge on any atom is -0.309 e. The Bertz CT molecular complexity index is 334. The van der Waals surface area contributed by atoms with Gasteiger partial charge in [0.2, 0.25) is 0 Å². The van der Waals surface area contributed by atoms with E-state index in [1.807, 2.05) is 11.3 Å². The van der Waals surface area contributed by atoms with Gasteiger partial charge in [0.15, 0.2) is 0 Å². The molecule has 2 unspecified atom stereocenters. The van der Waals surface area contributed by atoms with E-state index in [-0.39, 0.29) is 0 Å². The molecule has 2 nitrogen and oxygen atoms in total. The third-order valence-electron chi connectivity index (χ3n) is 3.60. The molecule has 90 valence electrons. The van der Waals surface area contributed by atoms with Gasteiger partial charge < -0.3 is 10.2 Å². The Morgan fingerprint density at radius 3 is 3.00 bits per heavy atom. The van der Waals surface area contributed by atoms with Crippen LogP contribution < -0.4 is 5.32 Å². The lowest BCUT2D eigenvalue weighted by Gasteiger charge is -2.35. The van der Waals surface area contributed by atoms with E-state index < -0.39 is 0 Å². The number of hydrogen-bond donors (Lipinski definition) is 1. The van der Waals surface area contributed by atoms with Crippen LogP contribution in [0.2, 0.25) is 0 Å². The van der Waals surface area contributed by atoms with Crippen molar-refractivity contribution in [2.24, 2.45) is 5.92 Å². The van der Waals surface area contributed by atoms with Crippen LogP contribution in [0.4, 0.5) is 0 Å². The summed E-state index contributed by atoms with van der Waals surface area (Å²) in [6, 6.07) is 2.90. The smallest absolute Gasteiger partial charge is 0.0305 e. The molecule has 0 bridgehead atoms. The van der Waals surface area contributed by atoms with E-state index in [9.17, 15) is 0 Å². The average Bonchev–Trinajstić information content (AvgIpc) is 2.63. The maximum atomic E-state index is 3.72. The summed E-state index contributed by atoms with van der Waals surface area (Å²) in [7, 11) is 2.22. The Balaban J connectivity index is 1.84. The molecule has 1 N–H and O–H groups in total. The molecule has 0 aromatic carbocycles. The summed E-state index contributed by atoms with van der Waals surface area (Å²) >= 11 is 1.87. The zero-order valence-electron chi connectivity index (χ0n) is 10.5. The minimum atomic E-state index is 0.692. The fourth-order valence-corrected chi connectivity index (χ4v) is 3.32. The quantitative estimate of drug-likeness (QED) is 0.870. The van der Waals surface area contributed by atoms with E-state index in [1.54, 1.807) is 0 Å². The van der Waals surface area contributed by atoms with Crippen molar-refractivity contribution in [3.8, 4) is 0 Å². The van der Waals surface area contributed by atoms with Crippen molar-refractivity contribution in [2.75, 3.05) is 20.1 Å². The summed E-state index contributed by atoms with van der Waals surface area (Å²) in [4.78, 5) is 3.92. The largest absolute Gasteiger partial charge is 0.309 e. The molecule has 0 radical (unpaired) electrons. The number of nitrogens with zero attached hydrogens (tertiary/aromatic N) is 1. The molecular weight excluding hydrogens is 216 g/mol. The van der Waals surface area contributed by atoms with E-state index in [0.717, 1.165) is 12.5 Å². The molecular formula is C13H22N2S. The Hall–Kier alpha value is -0.380. The summed E-state index contributed by atoms with van der Waals surface area (Å²) in [6.07, 6.45) is 1.28. The molecule has 3 heteroatoms. The van der Waals surface area contributed by atoms with Crippen LogP contribution in [0, 0.1) is 12.8 Å². The van der Waals surface area contributed by atoms with Crippen molar-refractivity contribution in [2.45, 2.75) is 32.9 Å². The molecule has 2 atom stereocenters. The summed E-state index contributed by atoms with van der Waals surface area (Å²) < 4.78 is 0. The average molecular weight is 238 g/mol. The van der Waals surface area contributed by atoms with Gasteiger partial charge in [0.1, 0.15) is 0 Å². The van der Waals surface area contributed by atoms with E-state index in [0.29, 0.717) is 6.04 Å². The second kappa shape index (κ2) is 5.30. The molecule has 0 amide bonds. The van der Waals surface area contributed by atoms with Gasteiger partial charge in [0.05, 0.1) is 0 Å². The molecule has 1 fully saturated rings. The van der Waals surface area contributed by atoms with Gasteiger partial charge >= 0.3 is 0 Å². The van der Waals surface area contributed by atoms with Crippen molar-refractivity contribution in [1.82, 2.24) is 10.2 Å². The molecule has 1 aromatic heterocycles. The summed E-state index contributed by atoms with van der Waals surface area (Å²) in [5.74, 6) is 0.763. The lowest BCUT2D eigenvalue weighted by Crippen LogP contribution is -2.46. The molecule has 0 saturated carbocycles. The molecule has 1 aliphatic heterocycles. The molecule has 0 aliphatic carbocycles. The second-order valence-corrected chi connectivity index (χ2v) is 6.04. The summed E-state index contributed by atoms with van der Waals surface area (Å²) in [6.45, 7) is 8.05. The molecule has 2 heterocycles. The predicted molar refractivity (Wildman–Crippen MR) is 71.0 cm³/mol. The Morgan fingerprint density at radius 2 is 2.38 bits per heavy atom. The second-order valence-electron chi connectivity index (χ2n) is 5.04. The maximum Gasteiger partial charge on any atom is 0.0305 e. The van der Waals surface area contributed by atoms with Crippen LogP contribution >= 0.6 is 11.3 Å².